The van der Waals surface area contributed by atoms with E-state index in [0.29, 0.717) is 6.61 Å². The summed E-state index contributed by atoms with van der Waals surface area (Å²) < 4.78 is 10.3. The SMILES string of the molecule is CCCCC(=C/NC(=O)OC(C)(C)C)/C=C/OCC. The van der Waals surface area contributed by atoms with Gasteiger partial charge in [0.25, 0.3) is 0 Å². The van der Waals surface area contributed by atoms with Crippen LogP contribution >= 0.6 is 0 Å². The van der Waals surface area contributed by atoms with Gasteiger partial charge in [0, 0.05) is 6.20 Å². The Kier molecular flexibility index (Phi) is 8.75. The summed E-state index contributed by atoms with van der Waals surface area (Å²) in [5.74, 6) is 0. The van der Waals surface area contributed by atoms with Crippen molar-refractivity contribution in [2.45, 2.75) is 59.5 Å². The number of hydrogen-bond acceptors (Lipinski definition) is 3. The standard InChI is InChI=1S/C15H27NO3/c1-6-8-9-13(10-11-18-7-2)12-16-14(17)19-15(3,4)5/h10-12H,6-9H2,1-5H3,(H,16,17)/b11-10+,13-12-. The molecular weight excluding hydrogens is 242 g/mol. The van der Waals surface area contributed by atoms with Crippen molar-refractivity contribution in [1.29, 1.82) is 0 Å². The fraction of sp³-hybridized carbons (Fsp3) is 0.667. The highest BCUT2D eigenvalue weighted by Crippen LogP contribution is 2.09. The van der Waals surface area contributed by atoms with Gasteiger partial charge in [0.15, 0.2) is 0 Å². The highest BCUT2D eigenvalue weighted by Gasteiger charge is 2.14. The van der Waals surface area contributed by atoms with E-state index >= 15 is 0 Å². The number of ether oxygens (including phenoxy) is 2. The predicted octanol–water partition coefficient (Wildman–Crippen LogP) is 4.14. The summed E-state index contributed by atoms with van der Waals surface area (Å²) in [5.41, 5.74) is 0.531. The predicted molar refractivity (Wildman–Crippen MR) is 77.7 cm³/mol. The number of hydrogen-bond donors (Lipinski definition) is 1. The molecule has 0 bridgehead atoms. The van der Waals surface area contributed by atoms with Gasteiger partial charge in [0.2, 0.25) is 0 Å². The van der Waals surface area contributed by atoms with Crippen LogP contribution in [0.15, 0.2) is 24.1 Å². The summed E-state index contributed by atoms with van der Waals surface area (Å²) in [6.45, 7) is 10.2. The van der Waals surface area contributed by atoms with Crippen molar-refractivity contribution in [3.8, 4) is 0 Å². The number of rotatable bonds is 7. The van der Waals surface area contributed by atoms with E-state index in [1.54, 1.807) is 12.5 Å². The molecule has 0 rings (SSSR count). The lowest BCUT2D eigenvalue weighted by Crippen LogP contribution is -2.29. The first-order valence-corrected chi connectivity index (χ1v) is 6.85. The number of carbonyl (C=O) groups is 1. The maximum atomic E-state index is 11.5. The lowest BCUT2D eigenvalue weighted by molar-refractivity contribution is 0.0552. The van der Waals surface area contributed by atoms with Crippen LogP contribution in [0.25, 0.3) is 0 Å². The molecule has 0 unspecified atom stereocenters. The molecule has 0 heterocycles. The van der Waals surface area contributed by atoms with E-state index in [9.17, 15) is 4.79 Å². The zero-order chi connectivity index (χ0) is 14.7. The molecule has 0 fully saturated rings. The Bertz CT molecular complexity index is 314. The number of alkyl carbamates (subject to hydrolysis) is 1. The topological polar surface area (TPSA) is 47.6 Å². The minimum absolute atomic E-state index is 0.439. The second-order valence-corrected chi connectivity index (χ2v) is 5.23. The molecule has 0 saturated carbocycles. The third-order valence-electron chi connectivity index (χ3n) is 2.14. The molecule has 1 amide bonds. The van der Waals surface area contributed by atoms with Gasteiger partial charge in [-0.3, -0.25) is 5.32 Å². The van der Waals surface area contributed by atoms with E-state index in [1.807, 2.05) is 33.8 Å². The minimum Gasteiger partial charge on any atom is -0.501 e. The smallest absolute Gasteiger partial charge is 0.411 e. The Morgan fingerprint density at radius 2 is 1.95 bits per heavy atom. The first kappa shape index (κ1) is 17.6. The molecule has 0 aliphatic heterocycles. The van der Waals surface area contributed by atoms with Crippen LogP contribution in [0.2, 0.25) is 0 Å². The molecule has 0 aromatic heterocycles. The van der Waals surface area contributed by atoms with Crippen molar-refractivity contribution in [1.82, 2.24) is 5.32 Å². The number of unbranched alkanes of at least 4 members (excludes halogenated alkanes) is 1. The average molecular weight is 269 g/mol. The number of carbonyl (C=O) groups excluding carboxylic acids is 1. The van der Waals surface area contributed by atoms with Gasteiger partial charge in [-0.1, -0.05) is 13.3 Å². The van der Waals surface area contributed by atoms with Crippen molar-refractivity contribution < 1.29 is 14.3 Å². The molecule has 0 spiro atoms. The molecule has 0 atom stereocenters. The molecule has 110 valence electrons. The molecule has 0 aliphatic carbocycles. The van der Waals surface area contributed by atoms with Crippen molar-refractivity contribution in [2.24, 2.45) is 0 Å². The van der Waals surface area contributed by atoms with Gasteiger partial charge in [0.05, 0.1) is 12.9 Å². The zero-order valence-electron chi connectivity index (χ0n) is 12.8. The number of amides is 1. The Hall–Kier alpha value is -1.45. The molecule has 1 N–H and O–H groups in total. The van der Waals surface area contributed by atoms with Gasteiger partial charge in [-0.2, -0.15) is 0 Å². The van der Waals surface area contributed by atoms with E-state index in [1.165, 1.54) is 0 Å². The largest absolute Gasteiger partial charge is 0.501 e. The molecule has 0 aromatic rings. The number of allylic oxidation sites excluding steroid dienone is 2. The van der Waals surface area contributed by atoms with Crippen LogP contribution in [-0.2, 0) is 9.47 Å². The van der Waals surface area contributed by atoms with Crippen LogP contribution in [0.1, 0.15) is 53.9 Å². The highest BCUT2D eigenvalue weighted by atomic mass is 16.6. The minimum atomic E-state index is -0.483. The fourth-order valence-electron chi connectivity index (χ4n) is 1.28. The molecule has 0 aliphatic rings. The molecule has 0 radical (unpaired) electrons. The van der Waals surface area contributed by atoms with Crippen LogP contribution in [0.4, 0.5) is 4.79 Å². The molecule has 4 heteroatoms. The fourth-order valence-corrected chi connectivity index (χ4v) is 1.28. The van der Waals surface area contributed by atoms with Gasteiger partial charge in [-0.25, -0.2) is 4.79 Å². The quantitative estimate of drug-likeness (QED) is 0.558. The summed E-state index contributed by atoms with van der Waals surface area (Å²) in [6.07, 6.45) is 7.83. The summed E-state index contributed by atoms with van der Waals surface area (Å²) in [7, 11) is 0. The van der Waals surface area contributed by atoms with E-state index < -0.39 is 11.7 Å². The Morgan fingerprint density at radius 3 is 2.47 bits per heavy atom. The Labute approximate surface area is 116 Å². The first-order chi connectivity index (χ1) is 8.89. The Balaban J connectivity index is 4.40. The van der Waals surface area contributed by atoms with Gasteiger partial charge in [-0.05, 0) is 52.2 Å². The van der Waals surface area contributed by atoms with E-state index in [-0.39, 0.29) is 0 Å². The zero-order valence-corrected chi connectivity index (χ0v) is 12.8. The second-order valence-electron chi connectivity index (χ2n) is 5.23. The second kappa shape index (κ2) is 9.48. The van der Waals surface area contributed by atoms with Gasteiger partial charge >= 0.3 is 6.09 Å². The third kappa shape index (κ3) is 11.4. The molecule has 0 saturated heterocycles. The molecule has 19 heavy (non-hydrogen) atoms. The van der Waals surface area contributed by atoms with Crippen molar-refractivity contribution in [2.75, 3.05) is 6.61 Å². The van der Waals surface area contributed by atoms with Crippen molar-refractivity contribution in [3.63, 3.8) is 0 Å². The Morgan fingerprint density at radius 1 is 1.26 bits per heavy atom. The van der Waals surface area contributed by atoms with Gasteiger partial charge in [0.1, 0.15) is 5.60 Å². The molecule has 4 nitrogen and oxygen atoms in total. The van der Waals surface area contributed by atoms with Crippen molar-refractivity contribution >= 4 is 6.09 Å². The first-order valence-electron chi connectivity index (χ1n) is 6.85. The summed E-state index contributed by atoms with van der Waals surface area (Å²) in [4.78, 5) is 11.5. The summed E-state index contributed by atoms with van der Waals surface area (Å²) in [6, 6.07) is 0. The lowest BCUT2D eigenvalue weighted by atomic mass is 10.1. The van der Waals surface area contributed by atoms with Crippen LogP contribution < -0.4 is 5.32 Å². The van der Waals surface area contributed by atoms with Crippen LogP contribution in [-0.4, -0.2) is 18.3 Å². The molecular formula is C15H27NO3. The van der Waals surface area contributed by atoms with E-state index in [0.717, 1.165) is 24.8 Å². The van der Waals surface area contributed by atoms with E-state index in [4.69, 9.17) is 9.47 Å². The van der Waals surface area contributed by atoms with Crippen molar-refractivity contribution in [3.05, 3.63) is 24.1 Å². The highest BCUT2D eigenvalue weighted by molar-refractivity contribution is 5.69. The molecule has 0 aromatic carbocycles. The maximum absolute atomic E-state index is 11.5. The van der Waals surface area contributed by atoms with Gasteiger partial charge in [-0.15, -0.1) is 0 Å². The third-order valence-corrected chi connectivity index (χ3v) is 2.14. The summed E-state index contributed by atoms with van der Waals surface area (Å²) in [5, 5.41) is 2.65. The average Bonchev–Trinajstić information content (AvgIpc) is 2.30. The lowest BCUT2D eigenvalue weighted by Gasteiger charge is -2.19. The normalized spacial score (nSPS) is 12.6. The summed E-state index contributed by atoms with van der Waals surface area (Å²) >= 11 is 0. The van der Waals surface area contributed by atoms with Crippen LogP contribution in [0.3, 0.4) is 0 Å². The van der Waals surface area contributed by atoms with E-state index in [2.05, 4.69) is 12.2 Å². The maximum Gasteiger partial charge on any atom is 0.411 e. The van der Waals surface area contributed by atoms with Crippen LogP contribution in [0, 0.1) is 0 Å². The van der Waals surface area contributed by atoms with Gasteiger partial charge < -0.3 is 9.47 Å². The monoisotopic (exact) mass is 269 g/mol. The number of nitrogens with one attached hydrogen (secondary N) is 1. The van der Waals surface area contributed by atoms with Crippen LogP contribution in [0.5, 0.6) is 0 Å².